The fourth-order valence-corrected chi connectivity index (χ4v) is 2.00. The Bertz CT molecular complexity index is 303. The lowest BCUT2D eigenvalue weighted by molar-refractivity contribution is -0.153. The van der Waals surface area contributed by atoms with Gasteiger partial charge < -0.3 is 4.74 Å². The van der Waals surface area contributed by atoms with Crippen LogP contribution >= 0.6 is 0 Å². The van der Waals surface area contributed by atoms with E-state index in [-0.39, 0.29) is 23.8 Å². The van der Waals surface area contributed by atoms with Gasteiger partial charge in [0.1, 0.15) is 0 Å². The molecule has 0 aromatic rings. The largest absolute Gasteiger partial charge is 0.392 e. The third kappa shape index (κ3) is 1.19. The van der Waals surface area contributed by atoms with Crippen molar-refractivity contribution in [3.8, 4) is 0 Å². The second-order valence-corrected chi connectivity index (χ2v) is 3.92. The quantitative estimate of drug-likeness (QED) is 0.320. The van der Waals surface area contributed by atoms with E-state index in [1.54, 1.807) is 0 Å². The molecule has 1 heterocycles. The van der Waals surface area contributed by atoms with Crippen molar-refractivity contribution in [1.82, 2.24) is 0 Å². The molecule has 0 aromatic heterocycles. The minimum Gasteiger partial charge on any atom is -0.392 e. The fourth-order valence-electron chi connectivity index (χ4n) is 2.00. The maximum absolute atomic E-state index is 11.2. The summed E-state index contributed by atoms with van der Waals surface area (Å²) in [5.41, 5.74) is 1.19. The van der Waals surface area contributed by atoms with Gasteiger partial charge in [-0.2, -0.15) is 0 Å². The van der Waals surface area contributed by atoms with E-state index in [0.717, 1.165) is 6.42 Å². The number of fused-ring (bicyclic) bond motifs is 1. The predicted molar refractivity (Wildman–Crippen MR) is 45.6 cm³/mol. The number of esters is 2. The Balaban J connectivity index is 2.34. The third-order valence-corrected chi connectivity index (χ3v) is 3.04. The number of hydrogen-bond donors (Lipinski definition) is 0. The summed E-state index contributed by atoms with van der Waals surface area (Å²) in [6.45, 7) is 4.06. The number of hydrogen-bond acceptors (Lipinski definition) is 3. The highest BCUT2D eigenvalue weighted by Gasteiger charge is 2.45. The molecule has 3 heteroatoms. The first-order valence-electron chi connectivity index (χ1n) is 4.53. The average Bonchev–Trinajstić information content (AvgIpc) is 2.31. The molecule has 0 bridgehead atoms. The Morgan fingerprint density at radius 1 is 1.38 bits per heavy atom. The minimum absolute atomic E-state index is 0.216. The molecule has 1 aliphatic heterocycles. The van der Waals surface area contributed by atoms with Crippen LogP contribution in [0, 0.1) is 17.8 Å². The summed E-state index contributed by atoms with van der Waals surface area (Å²) in [4.78, 5) is 22.4. The van der Waals surface area contributed by atoms with Gasteiger partial charge >= 0.3 is 11.9 Å². The molecule has 2 aliphatic rings. The van der Waals surface area contributed by atoms with E-state index in [0.29, 0.717) is 5.92 Å². The molecule has 0 spiro atoms. The summed E-state index contributed by atoms with van der Waals surface area (Å²) in [7, 11) is 0. The van der Waals surface area contributed by atoms with Crippen molar-refractivity contribution in [1.29, 1.82) is 0 Å². The van der Waals surface area contributed by atoms with E-state index < -0.39 is 0 Å². The van der Waals surface area contributed by atoms with Crippen LogP contribution in [0.25, 0.3) is 0 Å². The van der Waals surface area contributed by atoms with Crippen molar-refractivity contribution < 1.29 is 14.3 Å². The monoisotopic (exact) mass is 180 g/mol. The average molecular weight is 180 g/mol. The van der Waals surface area contributed by atoms with Gasteiger partial charge in [0.05, 0.1) is 11.8 Å². The zero-order chi connectivity index (χ0) is 9.59. The van der Waals surface area contributed by atoms with E-state index >= 15 is 0 Å². The molecule has 1 aliphatic carbocycles. The van der Waals surface area contributed by atoms with Gasteiger partial charge in [0, 0.05) is 0 Å². The molecular formula is C10H12O3. The van der Waals surface area contributed by atoms with Crippen molar-refractivity contribution in [3.63, 3.8) is 0 Å². The Morgan fingerprint density at radius 3 is 2.77 bits per heavy atom. The van der Waals surface area contributed by atoms with Crippen molar-refractivity contribution in [2.24, 2.45) is 17.8 Å². The van der Waals surface area contributed by atoms with Gasteiger partial charge in [-0.3, -0.25) is 9.59 Å². The molecule has 3 atom stereocenters. The molecule has 2 rings (SSSR count). The maximum Gasteiger partial charge on any atom is 0.321 e. The molecule has 0 aromatic carbocycles. The normalized spacial score (nSPS) is 38.3. The fraction of sp³-hybridized carbons (Fsp3) is 0.600. The Labute approximate surface area is 76.8 Å². The second kappa shape index (κ2) is 2.69. The zero-order valence-electron chi connectivity index (χ0n) is 7.74. The first-order valence-corrected chi connectivity index (χ1v) is 4.53. The van der Waals surface area contributed by atoms with Gasteiger partial charge in [0.2, 0.25) is 0 Å². The third-order valence-electron chi connectivity index (χ3n) is 3.04. The molecule has 0 radical (unpaired) electrons. The number of ether oxygens (including phenoxy) is 1. The summed E-state index contributed by atoms with van der Waals surface area (Å²) >= 11 is 0. The summed E-state index contributed by atoms with van der Waals surface area (Å²) in [6.07, 6.45) is 2.63. The summed E-state index contributed by atoms with van der Waals surface area (Å²) < 4.78 is 4.58. The van der Waals surface area contributed by atoms with Crippen LogP contribution in [-0.2, 0) is 14.3 Å². The van der Waals surface area contributed by atoms with Gasteiger partial charge in [-0.15, -0.1) is 0 Å². The number of allylic oxidation sites excluding steroid dienone is 1. The summed E-state index contributed by atoms with van der Waals surface area (Å²) in [5, 5.41) is 0. The topological polar surface area (TPSA) is 43.4 Å². The van der Waals surface area contributed by atoms with Gasteiger partial charge in [-0.05, 0) is 19.3 Å². The maximum atomic E-state index is 11.2. The highest BCUT2D eigenvalue weighted by Crippen LogP contribution is 2.37. The van der Waals surface area contributed by atoms with Crippen LogP contribution in [0.3, 0.4) is 0 Å². The Hall–Kier alpha value is -1.12. The van der Waals surface area contributed by atoms with Crippen molar-refractivity contribution in [2.75, 3.05) is 0 Å². The molecule has 1 saturated heterocycles. The molecule has 0 saturated carbocycles. The number of rotatable bonds is 0. The lowest BCUT2D eigenvalue weighted by Gasteiger charge is -2.23. The zero-order valence-corrected chi connectivity index (χ0v) is 7.74. The molecule has 3 nitrogen and oxygen atoms in total. The highest BCUT2D eigenvalue weighted by molar-refractivity contribution is 5.97. The summed E-state index contributed by atoms with van der Waals surface area (Å²) in [6, 6.07) is 0. The van der Waals surface area contributed by atoms with Gasteiger partial charge in [0.15, 0.2) is 0 Å². The molecule has 0 N–H and O–H groups in total. The first-order chi connectivity index (χ1) is 6.09. The van der Waals surface area contributed by atoms with Gasteiger partial charge in [-0.25, -0.2) is 0 Å². The van der Waals surface area contributed by atoms with Crippen LogP contribution in [0.2, 0.25) is 0 Å². The molecule has 0 amide bonds. The van der Waals surface area contributed by atoms with Crippen LogP contribution in [0.4, 0.5) is 0 Å². The number of cyclic esters (lactones) is 2. The van der Waals surface area contributed by atoms with Crippen LogP contribution in [0.15, 0.2) is 11.6 Å². The standard InChI is InChI=1S/C10H12O3/c1-5-3-7-8(4-6(5)2)10(12)13-9(7)11/h3,6-8H,4H2,1-2H3. The van der Waals surface area contributed by atoms with Crippen LogP contribution < -0.4 is 0 Å². The van der Waals surface area contributed by atoms with Crippen molar-refractivity contribution in [3.05, 3.63) is 11.6 Å². The van der Waals surface area contributed by atoms with E-state index in [4.69, 9.17) is 0 Å². The van der Waals surface area contributed by atoms with E-state index in [1.807, 2.05) is 13.0 Å². The van der Waals surface area contributed by atoms with Crippen LogP contribution in [-0.4, -0.2) is 11.9 Å². The highest BCUT2D eigenvalue weighted by atomic mass is 16.6. The van der Waals surface area contributed by atoms with Crippen LogP contribution in [0.1, 0.15) is 20.3 Å². The lowest BCUT2D eigenvalue weighted by Crippen LogP contribution is -2.24. The molecule has 1 fully saturated rings. The van der Waals surface area contributed by atoms with E-state index in [9.17, 15) is 9.59 Å². The Morgan fingerprint density at radius 2 is 2.08 bits per heavy atom. The first kappa shape index (κ1) is 8.48. The van der Waals surface area contributed by atoms with E-state index in [2.05, 4.69) is 11.7 Å². The SMILES string of the molecule is CC1=CC2C(=O)OC(=O)C2CC1C. The minimum atomic E-state index is -0.374. The van der Waals surface area contributed by atoms with E-state index in [1.165, 1.54) is 5.57 Å². The Kier molecular flexibility index (Phi) is 1.75. The van der Waals surface area contributed by atoms with Gasteiger partial charge in [0.25, 0.3) is 0 Å². The number of carbonyl (C=O) groups is 2. The van der Waals surface area contributed by atoms with Crippen molar-refractivity contribution >= 4 is 11.9 Å². The molecular weight excluding hydrogens is 168 g/mol. The lowest BCUT2D eigenvalue weighted by atomic mass is 9.77. The van der Waals surface area contributed by atoms with Crippen molar-refractivity contribution in [2.45, 2.75) is 20.3 Å². The van der Waals surface area contributed by atoms with Gasteiger partial charge in [-0.1, -0.05) is 18.6 Å². The smallest absolute Gasteiger partial charge is 0.321 e. The predicted octanol–water partition coefficient (Wildman–Crippen LogP) is 1.29. The number of carbonyl (C=O) groups excluding carboxylic acids is 2. The summed E-state index contributed by atoms with van der Waals surface area (Å²) in [5.74, 6) is -0.846. The second-order valence-electron chi connectivity index (χ2n) is 3.92. The molecule has 13 heavy (non-hydrogen) atoms. The van der Waals surface area contributed by atoms with Crippen LogP contribution in [0.5, 0.6) is 0 Å². The molecule has 3 unspecified atom stereocenters. The molecule has 70 valence electrons.